The number of nitrogens with two attached hydrogens (primary N) is 1. The van der Waals surface area contributed by atoms with Gasteiger partial charge in [0.25, 0.3) is 0 Å². The predicted octanol–water partition coefficient (Wildman–Crippen LogP) is -0.238. The van der Waals surface area contributed by atoms with Crippen molar-refractivity contribution >= 4 is 16.1 Å². The van der Waals surface area contributed by atoms with Gasteiger partial charge in [-0.2, -0.15) is 0 Å². The van der Waals surface area contributed by atoms with Gasteiger partial charge >= 0.3 is 7.82 Å². The number of rotatable bonds is 5. The van der Waals surface area contributed by atoms with Gasteiger partial charge in [-0.15, -0.1) is 0 Å². The summed E-state index contributed by atoms with van der Waals surface area (Å²) < 4.78 is 15.4. The van der Waals surface area contributed by atoms with Crippen LogP contribution in [0.2, 0.25) is 18.1 Å². The molecule has 0 unspecified atom stereocenters. The number of phosphoric acid groups is 1. The molecule has 20 heavy (non-hydrogen) atoms. The summed E-state index contributed by atoms with van der Waals surface area (Å²) in [5.74, 6) is 0. The van der Waals surface area contributed by atoms with E-state index in [1.807, 2.05) is 20.8 Å². The van der Waals surface area contributed by atoms with E-state index in [-0.39, 0.29) is 5.04 Å². The first-order valence-corrected chi connectivity index (χ1v) is 10.5. The fraction of sp³-hybridized carbons (Fsp3) is 1.00. The molecular formula is C10H28NO7PSi. The van der Waals surface area contributed by atoms with Crippen molar-refractivity contribution in [2.45, 2.75) is 44.4 Å². The summed E-state index contributed by atoms with van der Waals surface area (Å²) in [6.45, 7) is 8.16. The molecule has 0 aliphatic carbocycles. The lowest BCUT2D eigenvalue weighted by Gasteiger charge is -2.35. The van der Waals surface area contributed by atoms with Gasteiger partial charge in [-0.05, 0) is 18.1 Å². The molecule has 10 heteroatoms. The highest BCUT2D eigenvalue weighted by molar-refractivity contribution is 7.48. The average Bonchev–Trinajstić information content (AvgIpc) is 2.24. The first-order valence-electron chi connectivity index (χ1n) is 6.02. The molecule has 0 heterocycles. The van der Waals surface area contributed by atoms with Crippen molar-refractivity contribution in [2.24, 2.45) is 5.73 Å². The molecule has 0 saturated carbocycles. The van der Waals surface area contributed by atoms with Gasteiger partial charge in [0, 0.05) is 0 Å². The van der Waals surface area contributed by atoms with Crippen molar-refractivity contribution in [1.82, 2.24) is 0 Å². The van der Waals surface area contributed by atoms with Crippen LogP contribution in [0, 0.1) is 0 Å². The summed E-state index contributed by atoms with van der Waals surface area (Å²) in [5.41, 5.74) is 3.94. The van der Waals surface area contributed by atoms with Crippen molar-refractivity contribution < 1.29 is 33.9 Å². The van der Waals surface area contributed by atoms with Gasteiger partial charge in [0.1, 0.15) is 0 Å². The number of aliphatic hydroxyl groups is 3. The Balaban J connectivity index is 0. The molecule has 0 rings (SSSR count). The Morgan fingerprint density at radius 1 is 1.05 bits per heavy atom. The van der Waals surface area contributed by atoms with Gasteiger partial charge in [-0.3, -0.25) is 0 Å². The SMILES string of the molecule is CC(C)(C)[Si](C)(C)OP(=O)(O)O.NC(CO)(CO)CO. The smallest absolute Gasteiger partial charge is 0.394 e. The van der Waals surface area contributed by atoms with Crippen LogP contribution in [0.25, 0.3) is 0 Å². The summed E-state index contributed by atoms with van der Waals surface area (Å²) in [5, 5.41) is 24.8. The Morgan fingerprint density at radius 3 is 1.40 bits per heavy atom. The lowest BCUT2D eigenvalue weighted by molar-refractivity contribution is 0.0697. The zero-order chi connectivity index (χ0) is 16.8. The Kier molecular flexibility index (Phi) is 8.95. The van der Waals surface area contributed by atoms with Crippen LogP contribution >= 0.6 is 7.82 Å². The summed E-state index contributed by atoms with van der Waals surface area (Å²) >= 11 is 0. The van der Waals surface area contributed by atoms with Gasteiger partial charge < -0.3 is 35.1 Å². The van der Waals surface area contributed by atoms with Gasteiger partial charge in [-0.1, -0.05) is 20.8 Å². The second-order valence-corrected chi connectivity index (χ2v) is 12.4. The zero-order valence-corrected chi connectivity index (χ0v) is 14.6. The van der Waals surface area contributed by atoms with Gasteiger partial charge in [-0.25, -0.2) is 4.57 Å². The minimum Gasteiger partial charge on any atom is -0.394 e. The van der Waals surface area contributed by atoms with E-state index in [0.29, 0.717) is 0 Å². The van der Waals surface area contributed by atoms with E-state index in [1.165, 1.54) is 0 Å². The van der Waals surface area contributed by atoms with Crippen molar-refractivity contribution in [3.8, 4) is 0 Å². The van der Waals surface area contributed by atoms with E-state index in [1.54, 1.807) is 13.1 Å². The van der Waals surface area contributed by atoms with E-state index in [9.17, 15) is 4.57 Å². The Hall–Kier alpha value is 0.167. The lowest BCUT2D eigenvalue weighted by Crippen LogP contribution is -2.50. The molecule has 0 aromatic rings. The van der Waals surface area contributed by atoms with Crippen molar-refractivity contribution in [2.75, 3.05) is 19.8 Å². The molecule has 0 aromatic heterocycles. The Morgan fingerprint density at radius 2 is 1.35 bits per heavy atom. The standard InChI is InChI=1S/C6H17O4PSi.C4H11NO3/c1-6(2,3)12(4,5)10-11(7,8)9;5-4(1-6,2-7)3-8/h1-5H3,(H2,7,8,9);6-8H,1-3,5H2. The first-order chi connectivity index (χ1) is 8.64. The third-order valence-electron chi connectivity index (χ3n) is 3.10. The molecule has 0 amide bonds. The van der Waals surface area contributed by atoms with Gasteiger partial charge in [0.15, 0.2) is 0 Å². The van der Waals surface area contributed by atoms with Crippen molar-refractivity contribution in [1.29, 1.82) is 0 Å². The first kappa shape index (κ1) is 22.4. The lowest BCUT2D eigenvalue weighted by atomic mass is 10.1. The van der Waals surface area contributed by atoms with Crippen LogP contribution in [0.4, 0.5) is 0 Å². The van der Waals surface area contributed by atoms with E-state index < -0.39 is 41.5 Å². The molecular weight excluding hydrogens is 305 g/mol. The third-order valence-corrected chi connectivity index (χ3v) is 9.49. The maximum atomic E-state index is 10.6. The second-order valence-electron chi connectivity index (χ2n) is 6.18. The molecule has 0 radical (unpaired) electrons. The second kappa shape index (κ2) is 7.97. The minimum absolute atomic E-state index is 0.172. The molecule has 0 fully saturated rings. The fourth-order valence-electron chi connectivity index (χ4n) is 0.584. The number of aliphatic hydroxyl groups excluding tert-OH is 3. The van der Waals surface area contributed by atoms with Crippen LogP contribution in [0.3, 0.4) is 0 Å². The molecule has 0 bridgehead atoms. The van der Waals surface area contributed by atoms with Gasteiger partial charge in [0.05, 0.1) is 25.4 Å². The molecule has 0 atom stereocenters. The molecule has 0 spiro atoms. The van der Waals surface area contributed by atoms with E-state index in [4.69, 9.17) is 35.1 Å². The molecule has 7 N–H and O–H groups in total. The largest absolute Gasteiger partial charge is 0.459 e. The maximum absolute atomic E-state index is 10.6. The molecule has 8 nitrogen and oxygen atoms in total. The van der Waals surface area contributed by atoms with Crippen LogP contribution in [0.1, 0.15) is 20.8 Å². The molecule has 0 aromatic carbocycles. The van der Waals surface area contributed by atoms with Crippen LogP contribution in [-0.4, -0.2) is 58.8 Å². The number of hydrogen-bond acceptors (Lipinski definition) is 6. The van der Waals surface area contributed by atoms with Crippen molar-refractivity contribution in [3.63, 3.8) is 0 Å². The summed E-state index contributed by atoms with van der Waals surface area (Å²) in [6.07, 6.45) is 0. The van der Waals surface area contributed by atoms with Crippen LogP contribution in [0.5, 0.6) is 0 Å². The minimum atomic E-state index is -4.32. The van der Waals surface area contributed by atoms with Crippen LogP contribution in [-0.2, 0) is 8.78 Å². The summed E-state index contributed by atoms with van der Waals surface area (Å²) in [7, 11) is -6.63. The van der Waals surface area contributed by atoms with Crippen LogP contribution < -0.4 is 5.73 Å². The highest BCUT2D eigenvalue weighted by Crippen LogP contribution is 2.47. The molecule has 0 aliphatic heterocycles. The number of hydrogen-bond donors (Lipinski definition) is 6. The molecule has 124 valence electrons. The van der Waals surface area contributed by atoms with Gasteiger partial charge in [0.2, 0.25) is 8.32 Å². The third kappa shape index (κ3) is 9.17. The molecule has 0 aliphatic rings. The van der Waals surface area contributed by atoms with E-state index >= 15 is 0 Å². The van der Waals surface area contributed by atoms with Crippen LogP contribution in [0.15, 0.2) is 0 Å². The normalized spacial score (nSPS) is 13.8. The quantitative estimate of drug-likeness (QED) is 0.298. The Bertz CT molecular complexity index is 314. The van der Waals surface area contributed by atoms with E-state index in [0.717, 1.165) is 0 Å². The highest BCUT2D eigenvalue weighted by atomic mass is 31.2. The molecule has 0 saturated heterocycles. The average molecular weight is 333 g/mol. The summed E-state index contributed by atoms with van der Waals surface area (Å²) in [6, 6.07) is 0. The summed E-state index contributed by atoms with van der Waals surface area (Å²) in [4.78, 5) is 17.3. The highest BCUT2D eigenvalue weighted by Gasteiger charge is 2.42. The topological polar surface area (TPSA) is 153 Å². The zero-order valence-electron chi connectivity index (χ0n) is 12.7. The fourth-order valence-corrected chi connectivity index (χ4v) is 4.06. The van der Waals surface area contributed by atoms with E-state index in [2.05, 4.69) is 0 Å². The maximum Gasteiger partial charge on any atom is 0.459 e. The predicted molar refractivity (Wildman–Crippen MR) is 78.5 cm³/mol. The Labute approximate surface area is 121 Å². The monoisotopic (exact) mass is 333 g/mol. The van der Waals surface area contributed by atoms with Crippen molar-refractivity contribution in [3.05, 3.63) is 0 Å².